The van der Waals surface area contributed by atoms with E-state index >= 15 is 0 Å². The van der Waals surface area contributed by atoms with E-state index in [0.717, 1.165) is 21.1 Å². The van der Waals surface area contributed by atoms with Crippen LogP contribution in [0.3, 0.4) is 0 Å². The third-order valence-electron chi connectivity index (χ3n) is 6.53. The average Bonchev–Trinajstić information content (AvgIpc) is 3.21. The maximum Gasteiger partial charge on any atom is 0.268 e. The lowest BCUT2D eigenvalue weighted by molar-refractivity contribution is -0.126. The Bertz CT molecular complexity index is 1400. The molecule has 0 saturated heterocycles. The van der Waals surface area contributed by atoms with Crippen molar-refractivity contribution in [2.75, 3.05) is 23.4 Å². The molecule has 5 rings (SSSR count). The van der Waals surface area contributed by atoms with Gasteiger partial charge in [0, 0.05) is 23.1 Å². The molecule has 2 amide bonds. The zero-order valence-electron chi connectivity index (χ0n) is 20.8. The summed E-state index contributed by atoms with van der Waals surface area (Å²) in [4.78, 5) is 47.8. The largest absolute Gasteiger partial charge is 0.479 e. The SMILES string of the molecule is CCC1Oc2ccc(-c3nc(C)sc3C)cc2N(CC(=O)c2ccc3c(c2)N(C)C(=O)C(C)O3)C1=O. The third kappa shape index (κ3) is 4.03. The van der Waals surface area contributed by atoms with Gasteiger partial charge in [-0.2, -0.15) is 0 Å². The lowest BCUT2D eigenvalue weighted by Gasteiger charge is -2.34. The number of ether oxygens (including phenoxy) is 2. The van der Waals surface area contributed by atoms with Crippen molar-refractivity contribution < 1.29 is 23.9 Å². The topological polar surface area (TPSA) is 89.0 Å². The molecule has 2 aliphatic rings. The molecule has 0 spiro atoms. The Labute approximate surface area is 213 Å². The highest BCUT2D eigenvalue weighted by molar-refractivity contribution is 7.11. The number of carbonyl (C=O) groups excluding carboxylic acids is 3. The quantitative estimate of drug-likeness (QED) is 0.473. The number of anilines is 2. The highest BCUT2D eigenvalue weighted by Crippen LogP contribution is 2.40. The summed E-state index contributed by atoms with van der Waals surface area (Å²) in [6.07, 6.45) is -0.769. The number of carbonyl (C=O) groups is 3. The molecule has 3 heterocycles. The van der Waals surface area contributed by atoms with E-state index in [0.29, 0.717) is 34.9 Å². The van der Waals surface area contributed by atoms with Crippen LogP contribution in [0, 0.1) is 13.8 Å². The first-order valence-corrected chi connectivity index (χ1v) is 12.7. The van der Waals surface area contributed by atoms with E-state index in [9.17, 15) is 14.4 Å². The number of hydrogen-bond acceptors (Lipinski definition) is 7. The van der Waals surface area contributed by atoms with Crippen LogP contribution in [0.2, 0.25) is 0 Å². The minimum Gasteiger partial charge on any atom is -0.479 e. The molecule has 2 unspecified atom stereocenters. The van der Waals surface area contributed by atoms with Gasteiger partial charge in [0.1, 0.15) is 11.5 Å². The fourth-order valence-electron chi connectivity index (χ4n) is 4.61. The van der Waals surface area contributed by atoms with Crippen molar-refractivity contribution in [3.63, 3.8) is 0 Å². The van der Waals surface area contributed by atoms with Gasteiger partial charge in [0.2, 0.25) is 0 Å². The van der Waals surface area contributed by atoms with Crippen molar-refractivity contribution in [2.24, 2.45) is 0 Å². The lowest BCUT2D eigenvalue weighted by atomic mass is 10.0. The van der Waals surface area contributed by atoms with Crippen LogP contribution in [0.15, 0.2) is 36.4 Å². The number of aryl methyl sites for hydroxylation is 2. The second-order valence-electron chi connectivity index (χ2n) is 9.02. The van der Waals surface area contributed by atoms with Gasteiger partial charge in [-0.15, -0.1) is 11.3 Å². The van der Waals surface area contributed by atoms with Gasteiger partial charge in [0.25, 0.3) is 11.8 Å². The molecule has 0 N–H and O–H groups in total. The van der Waals surface area contributed by atoms with Crippen LogP contribution in [0.25, 0.3) is 11.3 Å². The van der Waals surface area contributed by atoms with Gasteiger partial charge >= 0.3 is 0 Å². The number of fused-ring (bicyclic) bond motifs is 2. The normalized spacial score (nSPS) is 18.9. The van der Waals surface area contributed by atoms with E-state index in [1.807, 2.05) is 39.0 Å². The van der Waals surface area contributed by atoms with Crippen molar-refractivity contribution in [3.05, 3.63) is 51.8 Å². The van der Waals surface area contributed by atoms with E-state index < -0.39 is 12.2 Å². The number of rotatable bonds is 5. The molecule has 2 aliphatic heterocycles. The molecule has 0 fully saturated rings. The third-order valence-corrected chi connectivity index (χ3v) is 7.42. The van der Waals surface area contributed by atoms with Gasteiger partial charge in [-0.25, -0.2) is 4.98 Å². The summed E-state index contributed by atoms with van der Waals surface area (Å²) in [6.45, 7) is 7.38. The Morgan fingerprint density at radius 1 is 1.03 bits per heavy atom. The van der Waals surface area contributed by atoms with Crippen LogP contribution in [0.5, 0.6) is 11.5 Å². The minimum atomic E-state index is -0.665. The maximum absolute atomic E-state index is 13.4. The number of ketones is 1. The van der Waals surface area contributed by atoms with Crippen LogP contribution >= 0.6 is 11.3 Å². The standard InChI is InChI=1S/C27H27N3O5S/c1-6-22-27(33)30(20-12-18(8-10-24(20)35-22)25-15(3)36-16(4)28-25)13-21(31)17-7-9-23-19(11-17)29(5)26(32)14(2)34-23/h7-12,14,22H,6,13H2,1-5H3. The van der Waals surface area contributed by atoms with Crippen molar-refractivity contribution in [2.45, 2.75) is 46.3 Å². The summed E-state index contributed by atoms with van der Waals surface area (Å²) in [7, 11) is 1.66. The second kappa shape index (κ2) is 9.05. The van der Waals surface area contributed by atoms with Gasteiger partial charge in [-0.05, 0) is 63.6 Å². The molecular weight excluding hydrogens is 478 g/mol. The highest BCUT2D eigenvalue weighted by Gasteiger charge is 2.36. The zero-order chi connectivity index (χ0) is 25.7. The molecule has 8 nitrogen and oxygen atoms in total. The van der Waals surface area contributed by atoms with E-state index in [4.69, 9.17) is 9.47 Å². The van der Waals surface area contributed by atoms with Crippen LogP contribution in [-0.2, 0) is 9.59 Å². The molecule has 2 atom stereocenters. The number of hydrogen-bond donors (Lipinski definition) is 0. The number of thiazole rings is 1. The van der Waals surface area contributed by atoms with E-state index in [1.165, 1.54) is 9.80 Å². The Morgan fingerprint density at radius 2 is 1.75 bits per heavy atom. The molecular formula is C27H27N3O5S. The van der Waals surface area contributed by atoms with Crippen LogP contribution < -0.4 is 19.3 Å². The van der Waals surface area contributed by atoms with Gasteiger partial charge in [-0.1, -0.05) is 6.92 Å². The molecule has 2 aromatic carbocycles. The number of aromatic nitrogens is 1. The summed E-state index contributed by atoms with van der Waals surface area (Å²) >= 11 is 1.61. The van der Waals surface area contributed by atoms with Gasteiger partial charge in [-0.3, -0.25) is 19.3 Å². The molecule has 0 saturated carbocycles. The average molecular weight is 506 g/mol. The van der Waals surface area contributed by atoms with Crippen molar-refractivity contribution >= 4 is 40.3 Å². The summed E-state index contributed by atoms with van der Waals surface area (Å²) in [6, 6.07) is 10.6. The molecule has 0 radical (unpaired) electrons. The van der Waals surface area contributed by atoms with Crippen molar-refractivity contribution in [1.29, 1.82) is 0 Å². The van der Waals surface area contributed by atoms with Gasteiger partial charge in [0.15, 0.2) is 18.0 Å². The summed E-state index contributed by atoms with van der Waals surface area (Å²) in [5.74, 6) is 0.401. The van der Waals surface area contributed by atoms with Crippen LogP contribution in [0.1, 0.15) is 40.5 Å². The van der Waals surface area contributed by atoms with E-state index in [2.05, 4.69) is 4.98 Å². The molecule has 1 aromatic heterocycles. The first-order chi connectivity index (χ1) is 17.2. The van der Waals surface area contributed by atoms with Crippen molar-refractivity contribution in [1.82, 2.24) is 4.98 Å². The second-order valence-corrected chi connectivity index (χ2v) is 10.4. The molecule has 3 aromatic rings. The summed E-state index contributed by atoms with van der Waals surface area (Å²) < 4.78 is 11.6. The highest BCUT2D eigenvalue weighted by atomic mass is 32.1. The number of Topliss-reactive ketones (excluding diaryl/α,β-unsaturated/α-hetero) is 1. The van der Waals surface area contributed by atoms with Gasteiger partial charge < -0.3 is 14.4 Å². The molecule has 186 valence electrons. The summed E-state index contributed by atoms with van der Waals surface area (Å²) in [5, 5.41) is 0.958. The molecule has 9 heteroatoms. The van der Waals surface area contributed by atoms with Crippen LogP contribution in [0.4, 0.5) is 11.4 Å². The predicted octanol–water partition coefficient (Wildman–Crippen LogP) is 4.56. The first-order valence-electron chi connectivity index (χ1n) is 11.9. The predicted molar refractivity (Wildman–Crippen MR) is 138 cm³/mol. The first kappa shape index (κ1) is 24.0. The van der Waals surface area contributed by atoms with Crippen molar-refractivity contribution in [3.8, 4) is 22.8 Å². The molecule has 0 aliphatic carbocycles. The molecule has 0 bridgehead atoms. The molecule has 36 heavy (non-hydrogen) atoms. The fraction of sp³-hybridized carbons (Fsp3) is 0.333. The lowest BCUT2D eigenvalue weighted by Crippen LogP contribution is -2.47. The number of likely N-dealkylation sites (N-methyl/N-ethyl adjacent to an activating group) is 1. The van der Waals surface area contributed by atoms with Crippen LogP contribution in [-0.4, -0.2) is 48.4 Å². The fourth-order valence-corrected chi connectivity index (χ4v) is 5.45. The minimum absolute atomic E-state index is 0.155. The van der Waals surface area contributed by atoms with Gasteiger partial charge in [0.05, 0.1) is 28.6 Å². The number of benzene rings is 2. The Kier molecular flexibility index (Phi) is 6.04. The Balaban J connectivity index is 1.50. The number of nitrogens with zero attached hydrogens (tertiary/aromatic N) is 3. The zero-order valence-corrected chi connectivity index (χ0v) is 21.6. The monoisotopic (exact) mass is 505 g/mol. The summed E-state index contributed by atoms with van der Waals surface area (Å²) in [5.41, 5.74) is 3.18. The maximum atomic E-state index is 13.4. The smallest absolute Gasteiger partial charge is 0.268 e. The number of amides is 2. The Hall–Kier alpha value is -3.72. The Morgan fingerprint density at radius 3 is 2.44 bits per heavy atom. The van der Waals surface area contributed by atoms with E-state index in [-0.39, 0.29) is 24.1 Å². The van der Waals surface area contributed by atoms with E-state index in [1.54, 1.807) is 43.5 Å².